The number of rotatable bonds is 6. The van der Waals surface area contributed by atoms with Gasteiger partial charge in [-0.05, 0) is 47.9 Å². The largest absolute Gasteiger partial charge is 0.214 e. The molecule has 7 heteroatoms. The molecule has 2 rings (SSSR count). The zero-order chi connectivity index (χ0) is 15.9. The second kappa shape index (κ2) is 7.58. The van der Waals surface area contributed by atoms with Crippen molar-refractivity contribution in [2.24, 2.45) is 5.92 Å². The lowest BCUT2D eigenvalue weighted by Crippen LogP contribution is -2.05. The van der Waals surface area contributed by atoms with E-state index in [-0.39, 0.29) is 5.92 Å². The molecule has 0 fully saturated rings. The van der Waals surface area contributed by atoms with Gasteiger partial charge in [0, 0.05) is 12.2 Å². The Morgan fingerprint density at radius 1 is 1.32 bits per heavy atom. The van der Waals surface area contributed by atoms with E-state index in [9.17, 15) is 0 Å². The number of aryl methyl sites for hydroxylation is 2. The molecule has 2 aromatic rings. The summed E-state index contributed by atoms with van der Waals surface area (Å²) < 4.78 is 1.70. The molecule has 0 amide bonds. The van der Waals surface area contributed by atoms with E-state index < -0.39 is 0 Å². The predicted octanol–water partition coefficient (Wildman–Crippen LogP) is 2.81. The number of hydrogen-bond acceptors (Lipinski definition) is 6. The summed E-state index contributed by atoms with van der Waals surface area (Å²) in [4.78, 5) is 0. The average Bonchev–Trinajstić information content (AvgIpc) is 2.98. The summed E-state index contributed by atoms with van der Waals surface area (Å²) >= 11 is 1.44. The minimum absolute atomic E-state index is 0.173. The fraction of sp³-hybridized carbons (Fsp3) is 0.400. The molecule has 0 aliphatic heterocycles. The van der Waals surface area contributed by atoms with E-state index in [2.05, 4.69) is 27.7 Å². The average molecular weight is 312 g/mol. The van der Waals surface area contributed by atoms with Crippen LogP contribution < -0.4 is 0 Å². The van der Waals surface area contributed by atoms with Crippen molar-refractivity contribution in [3.05, 3.63) is 29.3 Å². The van der Waals surface area contributed by atoms with Gasteiger partial charge in [-0.15, -0.1) is 5.10 Å². The van der Waals surface area contributed by atoms with Crippen LogP contribution in [0, 0.1) is 42.4 Å². The summed E-state index contributed by atoms with van der Waals surface area (Å²) in [5.41, 5.74) is 3.16. The zero-order valence-corrected chi connectivity index (χ0v) is 13.3. The highest BCUT2D eigenvalue weighted by atomic mass is 32.2. The summed E-state index contributed by atoms with van der Waals surface area (Å²) in [7, 11) is 0. The number of hydrogen-bond donors (Lipinski definition) is 0. The number of tetrazole rings is 1. The van der Waals surface area contributed by atoms with Gasteiger partial charge in [0.05, 0.1) is 23.7 Å². The molecule has 1 atom stereocenters. The quantitative estimate of drug-likeness (QED) is 0.762. The Labute approximate surface area is 133 Å². The van der Waals surface area contributed by atoms with Crippen molar-refractivity contribution in [2.45, 2.75) is 31.8 Å². The van der Waals surface area contributed by atoms with Crippen LogP contribution in [0.4, 0.5) is 0 Å². The Bertz CT molecular complexity index is 724. The van der Waals surface area contributed by atoms with Gasteiger partial charge >= 0.3 is 0 Å². The molecule has 22 heavy (non-hydrogen) atoms. The van der Waals surface area contributed by atoms with Gasteiger partial charge in [0.25, 0.3) is 0 Å². The highest BCUT2D eigenvalue weighted by molar-refractivity contribution is 7.99. The number of thioether (sulfide) groups is 1. The number of nitriles is 2. The molecule has 0 saturated carbocycles. The Kier molecular flexibility index (Phi) is 5.51. The van der Waals surface area contributed by atoms with Crippen LogP contribution in [-0.2, 0) is 0 Å². The molecule has 1 heterocycles. The molecule has 0 unspecified atom stereocenters. The van der Waals surface area contributed by atoms with Crippen LogP contribution >= 0.6 is 11.8 Å². The first kappa shape index (κ1) is 16.0. The Hall–Kier alpha value is -2.38. The highest BCUT2D eigenvalue weighted by Crippen LogP contribution is 2.24. The molecule has 0 aliphatic rings. The second-order valence-corrected chi connectivity index (χ2v) is 5.98. The Morgan fingerprint density at radius 3 is 2.86 bits per heavy atom. The first-order valence-electron chi connectivity index (χ1n) is 6.91. The monoisotopic (exact) mass is 312 g/mol. The van der Waals surface area contributed by atoms with Gasteiger partial charge in [-0.1, -0.05) is 23.9 Å². The first-order chi connectivity index (χ1) is 10.7. The molecule has 0 saturated heterocycles. The minimum Gasteiger partial charge on any atom is -0.198 e. The van der Waals surface area contributed by atoms with Crippen LogP contribution in [0.2, 0.25) is 0 Å². The molecule has 1 aromatic carbocycles. The fourth-order valence-corrected chi connectivity index (χ4v) is 2.91. The van der Waals surface area contributed by atoms with Gasteiger partial charge in [0.1, 0.15) is 0 Å². The lowest BCUT2D eigenvalue weighted by molar-refractivity contribution is 0.682. The van der Waals surface area contributed by atoms with Gasteiger partial charge in [0.2, 0.25) is 5.16 Å². The number of benzene rings is 1. The van der Waals surface area contributed by atoms with Crippen LogP contribution in [0.5, 0.6) is 0 Å². The SMILES string of the molecule is Cc1ccc(C)c(-n2nnnc2SC[C@H](C#N)CCC#N)c1. The molecular weight excluding hydrogens is 296 g/mol. The van der Waals surface area contributed by atoms with E-state index in [1.165, 1.54) is 11.8 Å². The van der Waals surface area contributed by atoms with Crippen molar-refractivity contribution >= 4 is 11.8 Å². The van der Waals surface area contributed by atoms with Crippen LogP contribution in [0.1, 0.15) is 24.0 Å². The lowest BCUT2D eigenvalue weighted by Gasteiger charge is -2.09. The normalized spacial score (nSPS) is 11.6. The van der Waals surface area contributed by atoms with Crippen LogP contribution in [-0.4, -0.2) is 26.0 Å². The molecule has 0 radical (unpaired) electrons. The summed E-state index contributed by atoms with van der Waals surface area (Å²) in [5.74, 6) is 0.400. The number of aromatic nitrogens is 4. The van der Waals surface area contributed by atoms with Crippen LogP contribution in [0.3, 0.4) is 0 Å². The van der Waals surface area contributed by atoms with E-state index in [0.717, 1.165) is 16.8 Å². The van der Waals surface area contributed by atoms with Crippen molar-refractivity contribution in [2.75, 3.05) is 5.75 Å². The van der Waals surface area contributed by atoms with E-state index in [4.69, 9.17) is 10.5 Å². The third kappa shape index (κ3) is 3.84. The molecular formula is C15H16N6S. The number of nitrogens with zero attached hydrogens (tertiary/aromatic N) is 6. The van der Waals surface area contributed by atoms with Crippen molar-refractivity contribution < 1.29 is 0 Å². The summed E-state index contributed by atoms with van der Waals surface area (Å²) in [5, 5.41) is 30.2. The standard InChI is InChI=1S/C15H16N6S/c1-11-5-6-12(2)14(8-11)21-15(18-19-20-21)22-10-13(9-17)4-3-7-16/h5-6,8,13H,3-4,10H2,1-2H3/t13-/m0/s1. The summed E-state index contributed by atoms with van der Waals surface area (Å²) in [6.07, 6.45) is 0.964. The Morgan fingerprint density at radius 2 is 2.14 bits per heavy atom. The molecule has 0 aliphatic carbocycles. The lowest BCUT2D eigenvalue weighted by atomic mass is 10.1. The van der Waals surface area contributed by atoms with Gasteiger partial charge in [-0.3, -0.25) is 0 Å². The second-order valence-electron chi connectivity index (χ2n) is 5.00. The highest BCUT2D eigenvalue weighted by Gasteiger charge is 2.14. The van der Waals surface area contributed by atoms with Gasteiger partial charge in [0.15, 0.2) is 0 Å². The van der Waals surface area contributed by atoms with Gasteiger partial charge in [-0.2, -0.15) is 15.2 Å². The smallest absolute Gasteiger partial charge is 0.198 e. The zero-order valence-electron chi connectivity index (χ0n) is 12.5. The fourth-order valence-electron chi connectivity index (χ4n) is 1.97. The third-order valence-corrected chi connectivity index (χ3v) is 4.32. The molecule has 0 N–H and O–H groups in total. The van der Waals surface area contributed by atoms with Gasteiger partial charge < -0.3 is 0 Å². The maximum atomic E-state index is 9.12. The predicted molar refractivity (Wildman–Crippen MR) is 83.3 cm³/mol. The van der Waals surface area contributed by atoms with Crippen molar-refractivity contribution in [3.8, 4) is 17.8 Å². The van der Waals surface area contributed by atoms with E-state index in [0.29, 0.717) is 23.8 Å². The van der Waals surface area contributed by atoms with Crippen LogP contribution in [0.15, 0.2) is 23.4 Å². The molecule has 6 nitrogen and oxygen atoms in total. The maximum absolute atomic E-state index is 9.12. The maximum Gasteiger partial charge on any atom is 0.214 e. The van der Waals surface area contributed by atoms with E-state index in [1.54, 1.807) is 4.68 Å². The summed E-state index contributed by atoms with van der Waals surface area (Å²) in [6.45, 7) is 4.03. The molecule has 112 valence electrons. The van der Waals surface area contributed by atoms with Crippen molar-refractivity contribution in [3.63, 3.8) is 0 Å². The molecule has 0 bridgehead atoms. The minimum atomic E-state index is -0.173. The van der Waals surface area contributed by atoms with Gasteiger partial charge in [-0.25, -0.2) is 0 Å². The van der Waals surface area contributed by atoms with Crippen LogP contribution in [0.25, 0.3) is 5.69 Å². The van der Waals surface area contributed by atoms with E-state index >= 15 is 0 Å². The van der Waals surface area contributed by atoms with Crippen molar-refractivity contribution in [1.29, 1.82) is 10.5 Å². The topological polar surface area (TPSA) is 91.2 Å². The summed E-state index contributed by atoms with van der Waals surface area (Å²) in [6, 6.07) is 10.4. The third-order valence-electron chi connectivity index (χ3n) is 3.23. The molecule has 0 spiro atoms. The van der Waals surface area contributed by atoms with E-state index in [1.807, 2.05) is 32.0 Å². The first-order valence-corrected chi connectivity index (χ1v) is 7.89. The molecule has 1 aromatic heterocycles. The van der Waals surface area contributed by atoms with Crippen molar-refractivity contribution in [1.82, 2.24) is 20.2 Å². The Balaban J connectivity index is 2.15.